The first-order valence-corrected chi connectivity index (χ1v) is 8.38. The fourth-order valence-corrected chi connectivity index (χ4v) is 5.44. The van der Waals surface area contributed by atoms with Crippen molar-refractivity contribution < 1.29 is 13.2 Å². The second-order valence-corrected chi connectivity index (χ2v) is 7.57. The van der Waals surface area contributed by atoms with E-state index in [0.29, 0.717) is 23.8 Å². The highest BCUT2D eigenvalue weighted by atomic mass is 19.2. The van der Waals surface area contributed by atoms with Crippen molar-refractivity contribution in [3.8, 4) is 0 Å². The van der Waals surface area contributed by atoms with Gasteiger partial charge in [-0.25, -0.2) is 18.2 Å². The highest BCUT2D eigenvalue weighted by molar-refractivity contribution is 5.78. The van der Waals surface area contributed by atoms with Crippen LogP contribution in [0.25, 0.3) is 11.0 Å². The molecule has 3 nitrogen and oxygen atoms in total. The molecule has 0 atom stereocenters. The number of aromatic nitrogens is 2. The normalized spacial score (nSPS) is 35.2. The summed E-state index contributed by atoms with van der Waals surface area (Å²) in [4.78, 5) is 7.01. The molecule has 6 heteroatoms. The summed E-state index contributed by atoms with van der Waals surface area (Å²) in [5.41, 5.74) is 0.0444. The Balaban J connectivity index is 1.47. The second kappa shape index (κ2) is 4.65. The quantitative estimate of drug-likeness (QED) is 0.813. The molecule has 4 aliphatic carbocycles. The molecule has 0 amide bonds. The number of rotatable bonds is 2. The Kier molecular flexibility index (Phi) is 2.77. The van der Waals surface area contributed by atoms with E-state index >= 15 is 0 Å². The number of H-pyrrole nitrogens is 1. The van der Waals surface area contributed by atoms with Gasteiger partial charge >= 0.3 is 0 Å². The molecule has 4 bridgehead atoms. The first-order chi connectivity index (χ1) is 11.1. The first kappa shape index (κ1) is 13.7. The molecule has 23 heavy (non-hydrogen) atoms. The van der Waals surface area contributed by atoms with Crippen LogP contribution in [-0.4, -0.2) is 16.0 Å². The molecule has 0 spiro atoms. The van der Waals surface area contributed by atoms with Crippen LogP contribution in [0.5, 0.6) is 0 Å². The highest BCUT2D eigenvalue weighted by Gasteiger charge is 2.48. The van der Waals surface area contributed by atoms with Gasteiger partial charge in [-0.05, 0) is 55.8 Å². The number of hydrogen-bond acceptors (Lipinski definition) is 2. The average Bonchev–Trinajstić information content (AvgIpc) is 2.91. The third kappa shape index (κ3) is 2.00. The Bertz CT molecular complexity index is 757. The van der Waals surface area contributed by atoms with Crippen molar-refractivity contribution in [1.82, 2.24) is 9.97 Å². The molecule has 0 unspecified atom stereocenters. The summed E-state index contributed by atoms with van der Waals surface area (Å²) in [6.45, 7) is 0. The van der Waals surface area contributed by atoms with E-state index in [0.717, 1.165) is 17.9 Å². The van der Waals surface area contributed by atoms with Gasteiger partial charge in [0.25, 0.3) is 0 Å². The fraction of sp³-hybridized carbons (Fsp3) is 0.588. The molecule has 1 aromatic carbocycles. The summed E-state index contributed by atoms with van der Waals surface area (Å²) >= 11 is 0. The lowest BCUT2D eigenvalue weighted by Gasteiger charge is -2.54. The van der Waals surface area contributed by atoms with Gasteiger partial charge in [0.05, 0.1) is 5.52 Å². The number of fused-ring (bicyclic) bond motifs is 1. The minimum atomic E-state index is -1.47. The summed E-state index contributed by atoms with van der Waals surface area (Å²) in [5.74, 6) is -0.463. The molecule has 0 saturated heterocycles. The standard InChI is InChI=1S/C17H18F3N3/c18-11-6-12-16(14(20)13(11)19)23-17(21-12)22-15-9-2-7-1-8(4-9)5-10(15)3-7/h6-10,15H,1-5H2,(H2,21,22,23). The zero-order valence-electron chi connectivity index (χ0n) is 12.6. The van der Waals surface area contributed by atoms with Crippen molar-refractivity contribution in [1.29, 1.82) is 0 Å². The third-order valence-electron chi connectivity index (χ3n) is 6.14. The van der Waals surface area contributed by atoms with Crippen LogP contribution in [0, 0.1) is 41.1 Å². The first-order valence-electron chi connectivity index (χ1n) is 8.38. The van der Waals surface area contributed by atoms with E-state index in [1.54, 1.807) is 0 Å². The highest BCUT2D eigenvalue weighted by Crippen LogP contribution is 2.54. The summed E-state index contributed by atoms with van der Waals surface area (Å²) in [6, 6.07) is 1.30. The number of benzene rings is 1. The molecule has 4 aliphatic rings. The number of imidazole rings is 1. The zero-order valence-corrected chi connectivity index (χ0v) is 12.6. The average molecular weight is 321 g/mol. The van der Waals surface area contributed by atoms with E-state index < -0.39 is 17.5 Å². The predicted molar refractivity (Wildman–Crippen MR) is 80.4 cm³/mol. The summed E-state index contributed by atoms with van der Waals surface area (Å²) in [5, 5.41) is 3.40. The fourth-order valence-electron chi connectivity index (χ4n) is 5.44. The van der Waals surface area contributed by atoms with E-state index in [4.69, 9.17) is 0 Å². The summed E-state index contributed by atoms with van der Waals surface area (Å²) in [7, 11) is 0. The van der Waals surface area contributed by atoms with Crippen molar-refractivity contribution in [2.45, 2.75) is 38.1 Å². The van der Waals surface area contributed by atoms with Gasteiger partial charge in [-0.3, -0.25) is 0 Å². The number of halogens is 3. The molecule has 6 rings (SSSR count). The van der Waals surface area contributed by atoms with E-state index in [2.05, 4.69) is 15.3 Å². The molecule has 4 saturated carbocycles. The molecule has 0 radical (unpaired) electrons. The second-order valence-electron chi connectivity index (χ2n) is 7.57. The maximum absolute atomic E-state index is 13.8. The van der Waals surface area contributed by atoms with Crippen molar-refractivity contribution in [3.63, 3.8) is 0 Å². The summed E-state index contributed by atoms with van der Waals surface area (Å²) < 4.78 is 40.5. The summed E-state index contributed by atoms with van der Waals surface area (Å²) in [6.07, 6.45) is 6.39. The maximum atomic E-state index is 13.8. The van der Waals surface area contributed by atoms with Gasteiger partial charge in [-0.1, -0.05) is 0 Å². The van der Waals surface area contributed by atoms with Crippen LogP contribution in [0.15, 0.2) is 6.07 Å². The molecule has 4 fully saturated rings. The van der Waals surface area contributed by atoms with E-state index in [1.165, 1.54) is 32.1 Å². The third-order valence-corrected chi connectivity index (χ3v) is 6.14. The van der Waals surface area contributed by atoms with Crippen LogP contribution in [-0.2, 0) is 0 Å². The molecule has 0 aliphatic heterocycles. The van der Waals surface area contributed by atoms with Crippen LogP contribution in [0.1, 0.15) is 32.1 Å². The van der Waals surface area contributed by atoms with Crippen molar-refractivity contribution in [3.05, 3.63) is 23.5 Å². The number of hydrogen-bond donors (Lipinski definition) is 2. The zero-order chi connectivity index (χ0) is 15.7. The molecule has 122 valence electrons. The molecule has 1 heterocycles. The van der Waals surface area contributed by atoms with Crippen LogP contribution in [0.4, 0.5) is 19.1 Å². The van der Waals surface area contributed by atoms with E-state index in [1.807, 2.05) is 0 Å². The number of aromatic amines is 1. The Hall–Kier alpha value is -1.72. The molecular formula is C17H18F3N3. The largest absolute Gasteiger partial charge is 0.353 e. The molecule has 1 aromatic heterocycles. The van der Waals surface area contributed by atoms with Crippen molar-refractivity contribution >= 4 is 17.0 Å². The Morgan fingerprint density at radius 3 is 2.26 bits per heavy atom. The Morgan fingerprint density at radius 2 is 1.61 bits per heavy atom. The Labute approximate surface area is 131 Å². The van der Waals surface area contributed by atoms with Crippen molar-refractivity contribution in [2.24, 2.45) is 23.7 Å². The Morgan fingerprint density at radius 1 is 0.957 bits per heavy atom. The monoisotopic (exact) mass is 321 g/mol. The van der Waals surface area contributed by atoms with Gasteiger partial charge in [0, 0.05) is 12.1 Å². The van der Waals surface area contributed by atoms with Crippen molar-refractivity contribution in [2.75, 3.05) is 5.32 Å². The van der Waals surface area contributed by atoms with Crippen LogP contribution in [0.2, 0.25) is 0 Å². The molecule has 2 aromatic rings. The predicted octanol–water partition coefficient (Wildman–Crippen LogP) is 4.22. The lowest BCUT2D eigenvalue weighted by atomic mass is 9.54. The van der Waals surface area contributed by atoms with Crippen LogP contribution < -0.4 is 5.32 Å². The van der Waals surface area contributed by atoms with Gasteiger partial charge in [-0.2, -0.15) is 0 Å². The SMILES string of the molecule is Fc1cc2[nH]c(NC3C4CC5CC(C4)CC3C5)nc2c(F)c1F. The van der Waals surface area contributed by atoms with E-state index in [9.17, 15) is 13.2 Å². The van der Waals surface area contributed by atoms with Gasteiger partial charge < -0.3 is 10.3 Å². The lowest BCUT2D eigenvalue weighted by Crippen LogP contribution is -2.51. The van der Waals surface area contributed by atoms with Crippen LogP contribution >= 0.6 is 0 Å². The molecular weight excluding hydrogens is 303 g/mol. The smallest absolute Gasteiger partial charge is 0.201 e. The molecule has 2 N–H and O–H groups in total. The van der Waals surface area contributed by atoms with Gasteiger partial charge in [0.15, 0.2) is 17.5 Å². The van der Waals surface area contributed by atoms with Gasteiger partial charge in [0.2, 0.25) is 5.95 Å². The van der Waals surface area contributed by atoms with Crippen LogP contribution in [0.3, 0.4) is 0 Å². The number of nitrogens with zero attached hydrogens (tertiary/aromatic N) is 1. The number of anilines is 1. The van der Waals surface area contributed by atoms with Gasteiger partial charge in [0.1, 0.15) is 5.52 Å². The number of nitrogens with one attached hydrogen (secondary N) is 2. The van der Waals surface area contributed by atoms with E-state index in [-0.39, 0.29) is 11.0 Å². The maximum Gasteiger partial charge on any atom is 0.201 e. The lowest BCUT2D eigenvalue weighted by molar-refractivity contribution is 0.00731. The van der Waals surface area contributed by atoms with Gasteiger partial charge in [-0.15, -0.1) is 0 Å². The minimum absolute atomic E-state index is 0.143. The topological polar surface area (TPSA) is 40.7 Å². The minimum Gasteiger partial charge on any atom is -0.353 e.